The second-order valence-electron chi connectivity index (χ2n) is 6.99. The number of hydrogen-bond acceptors (Lipinski definition) is 5. The SMILES string of the molecule is COc1ccc(CCC(=O)N2CCC[C@@H]2C(=O)NCCc2csc(C)n2)cc1. The van der Waals surface area contributed by atoms with Crippen LogP contribution in [0.4, 0.5) is 0 Å². The zero-order valence-electron chi connectivity index (χ0n) is 16.4. The summed E-state index contributed by atoms with van der Waals surface area (Å²) in [5.74, 6) is 0.796. The minimum absolute atomic E-state index is 0.0450. The van der Waals surface area contributed by atoms with Gasteiger partial charge in [-0.3, -0.25) is 9.59 Å². The van der Waals surface area contributed by atoms with E-state index in [0.717, 1.165) is 34.9 Å². The van der Waals surface area contributed by atoms with Crippen molar-refractivity contribution >= 4 is 23.2 Å². The first kappa shape index (κ1) is 20.3. The van der Waals surface area contributed by atoms with Crippen LogP contribution in [-0.2, 0) is 22.4 Å². The number of aromatic nitrogens is 1. The van der Waals surface area contributed by atoms with Crippen LogP contribution in [0.25, 0.3) is 0 Å². The van der Waals surface area contributed by atoms with Crippen molar-refractivity contribution in [2.45, 2.75) is 45.1 Å². The van der Waals surface area contributed by atoms with Gasteiger partial charge in [-0.1, -0.05) is 12.1 Å². The highest BCUT2D eigenvalue weighted by Crippen LogP contribution is 2.20. The lowest BCUT2D eigenvalue weighted by molar-refractivity contribution is -0.138. The lowest BCUT2D eigenvalue weighted by Crippen LogP contribution is -2.46. The van der Waals surface area contributed by atoms with E-state index >= 15 is 0 Å². The first-order chi connectivity index (χ1) is 13.6. The molecule has 2 heterocycles. The molecule has 0 spiro atoms. The van der Waals surface area contributed by atoms with E-state index in [0.29, 0.717) is 32.4 Å². The Bertz CT molecular complexity index is 803. The Labute approximate surface area is 169 Å². The zero-order valence-corrected chi connectivity index (χ0v) is 17.3. The van der Waals surface area contributed by atoms with Crippen LogP contribution < -0.4 is 10.1 Å². The molecule has 0 bridgehead atoms. The summed E-state index contributed by atoms with van der Waals surface area (Å²) >= 11 is 1.61. The Morgan fingerprint density at radius 2 is 2.07 bits per heavy atom. The highest BCUT2D eigenvalue weighted by Gasteiger charge is 2.33. The van der Waals surface area contributed by atoms with Crippen molar-refractivity contribution < 1.29 is 14.3 Å². The molecule has 1 atom stereocenters. The first-order valence-electron chi connectivity index (χ1n) is 9.68. The fraction of sp³-hybridized carbons (Fsp3) is 0.476. The number of carbonyl (C=O) groups is 2. The van der Waals surface area contributed by atoms with Gasteiger partial charge < -0.3 is 15.0 Å². The van der Waals surface area contributed by atoms with E-state index in [4.69, 9.17) is 4.74 Å². The van der Waals surface area contributed by atoms with Crippen molar-refractivity contribution in [3.8, 4) is 5.75 Å². The normalized spacial score (nSPS) is 16.2. The molecule has 2 amide bonds. The van der Waals surface area contributed by atoms with Gasteiger partial charge in [-0.2, -0.15) is 0 Å². The number of amides is 2. The van der Waals surface area contributed by atoms with E-state index in [1.807, 2.05) is 36.6 Å². The van der Waals surface area contributed by atoms with Crippen molar-refractivity contribution in [2.75, 3.05) is 20.2 Å². The van der Waals surface area contributed by atoms with Gasteiger partial charge >= 0.3 is 0 Å². The number of nitrogens with one attached hydrogen (secondary N) is 1. The van der Waals surface area contributed by atoms with Crippen LogP contribution in [0.15, 0.2) is 29.6 Å². The smallest absolute Gasteiger partial charge is 0.242 e. The predicted molar refractivity (Wildman–Crippen MR) is 110 cm³/mol. The number of carbonyl (C=O) groups excluding carboxylic acids is 2. The maximum absolute atomic E-state index is 12.7. The molecule has 2 aromatic rings. The van der Waals surface area contributed by atoms with E-state index in [1.165, 1.54) is 0 Å². The number of benzene rings is 1. The highest BCUT2D eigenvalue weighted by molar-refractivity contribution is 7.09. The Hall–Kier alpha value is -2.41. The molecule has 1 aliphatic rings. The van der Waals surface area contributed by atoms with Gasteiger partial charge in [0.1, 0.15) is 11.8 Å². The molecule has 0 unspecified atom stereocenters. The van der Waals surface area contributed by atoms with Gasteiger partial charge in [0, 0.05) is 31.3 Å². The van der Waals surface area contributed by atoms with E-state index < -0.39 is 0 Å². The summed E-state index contributed by atoms with van der Waals surface area (Å²) in [7, 11) is 1.63. The summed E-state index contributed by atoms with van der Waals surface area (Å²) in [5.41, 5.74) is 2.09. The maximum Gasteiger partial charge on any atom is 0.242 e. The summed E-state index contributed by atoms with van der Waals surface area (Å²) in [4.78, 5) is 31.4. The van der Waals surface area contributed by atoms with Crippen LogP contribution in [0.1, 0.15) is 35.5 Å². The van der Waals surface area contributed by atoms with E-state index in [1.54, 1.807) is 23.3 Å². The Kier molecular flexibility index (Phi) is 7.03. The lowest BCUT2D eigenvalue weighted by Gasteiger charge is -2.24. The molecule has 3 rings (SSSR count). The van der Waals surface area contributed by atoms with Crippen molar-refractivity contribution in [1.29, 1.82) is 0 Å². The van der Waals surface area contributed by atoms with Crippen LogP contribution in [0.5, 0.6) is 5.75 Å². The molecule has 1 aliphatic heterocycles. The molecule has 1 fully saturated rings. The largest absolute Gasteiger partial charge is 0.497 e. The predicted octanol–water partition coefficient (Wildman–Crippen LogP) is 2.74. The molecular weight excluding hydrogens is 374 g/mol. The summed E-state index contributed by atoms with van der Waals surface area (Å²) in [6.45, 7) is 3.18. The van der Waals surface area contributed by atoms with Crippen molar-refractivity contribution in [3.05, 3.63) is 45.9 Å². The summed E-state index contributed by atoms with van der Waals surface area (Å²) in [5, 5.41) is 6.02. The minimum atomic E-state index is -0.347. The molecule has 0 aliphatic carbocycles. The summed E-state index contributed by atoms with van der Waals surface area (Å²) in [6.07, 6.45) is 3.40. The summed E-state index contributed by atoms with van der Waals surface area (Å²) < 4.78 is 5.16. The average molecular weight is 402 g/mol. The van der Waals surface area contributed by atoms with E-state index in [2.05, 4.69) is 10.3 Å². The number of rotatable bonds is 8. The minimum Gasteiger partial charge on any atom is -0.497 e. The molecule has 28 heavy (non-hydrogen) atoms. The lowest BCUT2D eigenvalue weighted by atomic mass is 10.1. The summed E-state index contributed by atoms with van der Waals surface area (Å²) in [6, 6.07) is 7.40. The van der Waals surface area contributed by atoms with Crippen molar-refractivity contribution in [2.24, 2.45) is 0 Å². The van der Waals surface area contributed by atoms with Gasteiger partial charge in [0.15, 0.2) is 0 Å². The van der Waals surface area contributed by atoms with E-state index in [9.17, 15) is 9.59 Å². The third-order valence-corrected chi connectivity index (χ3v) is 5.83. The Morgan fingerprint density at radius 3 is 2.75 bits per heavy atom. The third kappa shape index (κ3) is 5.32. The molecule has 0 saturated carbocycles. The standard InChI is InChI=1S/C21H27N3O3S/c1-15-23-17(14-28-15)11-12-22-21(26)19-4-3-13-24(19)20(25)10-7-16-5-8-18(27-2)9-6-16/h5-6,8-9,14,19H,3-4,7,10-13H2,1-2H3,(H,22,26)/t19-/m1/s1. The van der Waals surface area contributed by atoms with Crippen LogP contribution >= 0.6 is 11.3 Å². The van der Waals surface area contributed by atoms with Crippen LogP contribution in [-0.4, -0.2) is 47.9 Å². The number of methoxy groups -OCH3 is 1. The maximum atomic E-state index is 12.7. The number of thiazole rings is 1. The fourth-order valence-corrected chi connectivity index (χ4v) is 4.13. The van der Waals surface area contributed by atoms with Crippen molar-refractivity contribution in [1.82, 2.24) is 15.2 Å². The Morgan fingerprint density at radius 1 is 1.29 bits per heavy atom. The van der Waals surface area contributed by atoms with Gasteiger partial charge in [-0.25, -0.2) is 4.98 Å². The monoisotopic (exact) mass is 401 g/mol. The molecule has 150 valence electrons. The number of nitrogens with zero attached hydrogens (tertiary/aromatic N) is 2. The quantitative estimate of drug-likeness (QED) is 0.738. The van der Waals surface area contributed by atoms with Crippen LogP contribution in [0, 0.1) is 6.92 Å². The number of hydrogen-bond donors (Lipinski definition) is 1. The molecular formula is C21H27N3O3S. The molecule has 6 nitrogen and oxygen atoms in total. The Balaban J connectivity index is 1.46. The van der Waals surface area contributed by atoms with Gasteiger partial charge in [0.05, 0.1) is 17.8 Å². The molecule has 1 saturated heterocycles. The van der Waals surface area contributed by atoms with Gasteiger partial charge in [-0.05, 0) is 43.9 Å². The topological polar surface area (TPSA) is 71.5 Å². The van der Waals surface area contributed by atoms with Crippen molar-refractivity contribution in [3.63, 3.8) is 0 Å². The first-order valence-corrected chi connectivity index (χ1v) is 10.6. The highest BCUT2D eigenvalue weighted by atomic mass is 32.1. The molecule has 7 heteroatoms. The molecule has 0 radical (unpaired) electrons. The average Bonchev–Trinajstić information content (AvgIpc) is 3.35. The number of aryl methyl sites for hydroxylation is 2. The van der Waals surface area contributed by atoms with Crippen LogP contribution in [0.2, 0.25) is 0 Å². The third-order valence-electron chi connectivity index (χ3n) is 5.01. The fourth-order valence-electron chi connectivity index (χ4n) is 3.48. The second kappa shape index (κ2) is 9.68. The van der Waals surface area contributed by atoms with Gasteiger partial charge in [-0.15, -0.1) is 11.3 Å². The van der Waals surface area contributed by atoms with Gasteiger partial charge in [0.2, 0.25) is 11.8 Å². The molecule has 1 N–H and O–H groups in total. The molecule has 1 aromatic heterocycles. The van der Waals surface area contributed by atoms with Gasteiger partial charge in [0.25, 0.3) is 0 Å². The van der Waals surface area contributed by atoms with E-state index in [-0.39, 0.29) is 17.9 Å². The molecule has 1 aromatic carbocycles. The number of ether oxygens (including phenoxy) is 1. The number of likely N-dealkylation sites (tertiary alicyclic amines) is 1. The zero-order chi connectivity index (χ0) is 19.9. The van der Waals surface area contributed by atoms with Crippen LogP contribution in [0.3, 0.4) is 0 Å². The second-order valence-corrected chi connectivity index (χ2v) is 8.05.